The molecule has 0 bridgehead atoms. The van der Waals surface area contributed by atoms with Crippen molar-refractivity contribution in [2.24, 2.45) is 5.73 Å². The van der Waals surface area contributed by atoms with Crippen LogP contribution in [0.5, 0.6) is 11.5 Å². The van der Waals surface area contributed by atoms with Crippen LogP contribution in [0.15, 0.2) is 18.2 Å². The fraction of sp³-hybridized carbons (Fsp3) is 0.600. The number of ether oxygens (including phenoxy) is 1. The van der Waals surface area contributed by atoms with Crippen LogP contribution in [0.2, 0.25) is 0 Å². The summed E-state index contributed by atoms with van der Waals surface area (Å²) < 4.78 is 5.50. The minimum absolute atomic E-state index is 0.197. The van der Waals surface area contributed by atoms with Gasteiger partial charge in [-0.1, -0.05) is 19.8 Å². The number of nitrogens with two attached hydrogens (primary N) is 1. The minimum Gasteiger partial charge on any atom is -0.504 e. The second-order valence-corrected chi connectivity index (χ2v) is 4.66. The molecule has 0 saturated heterocycles. The SMILES string of the molecule is CCCCOc1ccc(NCCCCCN)cc1O. The predicted molar refractivity (Wildman–Crippen MR) is 79.9 cm³/mol. The van der Waals surface area contributed by atoms with Gasteiger partial charge in [0.25, 0.3) is 0 Å². The Hall–Kier alpha value is -1.42. The molecule has 0 amide bonds. The number of phenols is 1. The summed E-state index contributed by atoms with van der Waals surface area (Å²) in [4.78, 5) is 0. The van der Waals surface area contributed by atoms with Gasteiger partial charge in [0, 0.05) is 18.3 Å². The molecule has 0 spiro atoms. The first-order chi connectivity index (χ1) is 9.27. The van der Waals surface area contributed by atoms with Crippen LogP contribution < -0.4 is 15.8 Å². The van der Waals surface area contributed by atoms with E-state index in [1.165, 1.54) is 0 Å². The Morgan fingerprint density at radius 3 is 2.74 bits per heavy atom. The Morgan fingerprint density at radius 2 is 2.05 bits per heavy atom. The Balaban J connectivity index is 2.34. The molecule has 1 aromatic rings. The van der Waals surface area contributed by atoms with Crippen LogP contribution in [0.3, 0.4) is 0 Å². The van der Waals surface area contributed by atoms with Crippen molar-refractivity contribution in [1.82, 2.24) is 0 Å². The fourth-order valence-corrected chi connectivity index (χ4v) is 1.75. The van der Waals surface area contributed by atoms with Gasteiger partial charge in [0.15, 0.2) is 11.5 Å². The van der Waals surface area contributed by atoms with Crippen molar-refractivity contribution in [3.63, 3.8) is 0 Å². The molecule has 0 aliphatic rings. The van der Waals surface area contributed by atoms with Gasteiger partial charge >= 0.3 is 0 Å². The summed E-state index contributed by atoms with van der Waals surface area (Å²) in [6.45, 7) is 4.41. The summed E-state index contributed by atoms with van der Waals surface area (Å²) in [7, 11) is 0. The Morgan fingerprint density at radius 1 is 1.21 bits per heavy atom. The van der Waals surface area contributed by atoms with Crippen molar-refractivity contribution in [1.29, 1.82) is 0 Å². The summed E-state index contributed by atoms with van der Waals surface area (Å²) >= 11 is 0. The Bertz CT molecular complexity index is 356. The quantitative estimate of drug-likeness (QED) is 0.569. The number of hydrogen-bond acceptors (Lipinski definition) is 4. The van der Waals surface area contributed by atoms with E-state index in [2.05, 4.69) is 12.2 Å². The van der Waals surface area contributed by atoms with Gasteiger partial charge in [0.05, 0.1) is 6.61 Å². The average Bonchev–Trinajstić information content (AvgIpc) is 2.41. The van der Waals surface area contributed by atoms with Gasteiger partial charge in [-0.2, -0.15) is 0 Å². The van der Waals surface area contributed by atoms with Gasteiger partial charge in [-0.15, -0.1) is 0 Å². The molecule has 4 heteroatoms. The molecule has 0 saturated carbocycles. The molecule has 4 nitrogen and oxygen atoms in total. The highest BCUT2D eigenvalue weighted by Gasteiger charge is 2.03. The minimum atomic E-state index is 0.197. The van der Waals surface area contributed by atoms with E-state index in [9.17, 15) is 5.11 Å². The van der Waals surface area contributed by atoms with Crippen LogP contribution in [0.25, 0.3) is 0 Å². The van der Waals surface area contributed by atoms with Crippen LogP contribution in [0.4, 0.5) is 5.69 Å². The van der Waals surface area contributed by atoms with Crippen LogP contribution in [0.1, 0.15) is 39.0 Å². The molecule has 0 heterocycles. The molecule has 0 aliphatic heterocycles. The monoisotopic (exact) mass is 266 g/mol. The maximum Gasteiger partial charge on any atom is 0.161 e. The van der Waals surface area contributed by atoms with Crippen molar-refractivity contribution < 1.29 is 9.84 Å². The number of unbranched alkanes of at least 4 members (excludes halogenated alkanes) is 3. The molecular weight excluding hydrogens is 240 g/mol. The number of anilines is 1. The van der Waals surface area contributed by atoms with Crippen LogP contribution >= 0.6 is 0 Å². The topological polar surface area (TPSA) is 67.5 Å². The summed E-state index contributed by atoms with van der Waals surface area (Å²) in [5.41, 5.74) is 6.37. The largest absolute Gasteiger partial charge is 0.504 e. The molecule has 108 valence electrons. The molecular formula is C15H26N2O2. The van der Waals surface area contributed by atoms with E-state index < -0.39 is 0 Å². The lowest BCUT2D eigenvalue weighted by atomic mass is 10.2. The summed E-state index contributed by atoms with van der Waals surface area (Å²) in [6.07, 6.45) is 5.38. The molecule has 1 rings (SSSR count). The van der Waals surface area contributed by atoms with Crippen molar-refractivity contribution >= 4 is 5.69 Å². The first-order valence-electron chi connectivity index (χ1n) is 7.17. The fourth-order valence-electron chi connectivity index (χ4n) is 1.75. The molecule has 4 N–H and O–H groups in total. The van der Waals surface area contributed by atoms with Crippen molar-refractivity contribution in [3.05, 3.63) is 18.2 Å². The number of phenolic OH excluding ortho intramolecular Hbond substituents is 1. The van der Waals surface area contributed by atoms with E-state index in [0.29, 0.717) is 12.4 Å². The van der Waals surface area contributed by atoms with Gasteiger partial charge in [-0.3, -0.25) is 0 Å². The zero-order chi connectivity index (χ0) is 13.9. The highest BCUT2D eigenvalue weighted by atomic mass is 16.5. The maximum atomic E-state index is 9.85. The average molecular weight is 266 g/mol. The maximum absolute atomic E-state index is 9.85. The highest BCUT2D eigenvalue weighted by molar-refractivity contribution is 5.54. The van der Waals surface area contributed by atoms with E-state index in [1.54, 1.807) is 6.07 Å². The number of rotatable bonds is 10. The summed E-state index contributed by atoms with van der Waals surface area (Å²) in [5.74, 6) is 0.755. The van der Waals surface area contributed by atoms with E-state index >= 15 is 0 Å². The second-order valence-electron chi connectivity index (χ2n) is 4.66. The first kappa shape index (κ1) is 15.6. The van der Waals surface area contributed by atoms with Gasteiger partial charge in [-0.25, -0.2) is 0 Å². The number of benzene rings is 1. The van der Waals surface area contributed by atoms with Crippen molar-refractivity contribution in [3.8, 4) is 11.5 Å². The van der Waals surface area contributed by atoms with E-state index in [1.807, 2.05) is 12.1 Å². The lowest BCUT2D eigenvalue weighted by molar-refractivity contribution is 0.293. The van der Waals surface area contributed by atoms with Gasteiger partial charge < -0.3 is 20.9 Å². The Kier molecular flexibility index (Phi) is 7.82. The molecule has 0 aliphatic carbocycles. The van der Waals surface area contributed by atoms with Gasteiger partial charge in [0.1, 0.15) is 0 Å². The first-order valence-corrected chi connectivity index (χ1v) is 7.17. The third-order valence-corrected chi connectivity index (χ3v) is 2.92. The van der Waals surface area contributed by atoms with Gasteiger partial charge in [0.2, 0.25) is 0 Å². The van der Waals surface area contributed by atoms with Crippen LogP contribution in [0, 0.1) is 0 Å². The molecule has 0 unspecified atom stereocenters. The lowest BCUT2D eigenvalue weighted by Crippen LogP contribution is -2.04. The number of hydrogen-bond donors (Lipinski definition) is 3. The van der Waals surface area contributed by atoms with Crippen molar-refractivity contribution in [2.75, 3.05) is 25.0 Å². The number of nitrogens with one attached hydrogen (secondary N) is 1. The Labute approximate surface area is 116 Å². The molecule has 0 fully saturated rings. The van der Waals surface area contributed by atoms with Crippen molar-refractivity contribution in [2.45, 2.75) is 39.0 Å². The standard InChI is InChI=1S/C15H26N2O2/c1-2-3-11-19-15-8-7-13(12-14(15)18)17-10-6-4-5-9-16/h7-8,12,17-18H,2-6,9-11,16H2,1H3. The van der Waals surface area contributed by atoms with Crippen LogP contribution in [-0.4, -0.2) is 24.8 Å². The highest BCUT2D eigenvalue weighted by Crippen LogP contribution is 2.29. The molecule has 0 radical (unpaired) electrons. The van der Waals surface area contributed by atoms with E-state index in [0.717, 1.165) is 50.9 Å². The van der Waals surface area contributed by atoms with Crippen LogP contribution in [-0.2, 0) is 0 Å². The summed E-state index contributed by atoms with van der Waals surface area (Å²) in [5, 5.41) is 13.1. The smallest absolute Gasteiger partial charge is 0.161 e. The lowest BCUT2D eigenvalue weighted by Gasteiger charge is -2.10. The normalized spacial score (nSPS) is 10.4. The molecule has 1 aromatic carbocycles. The zero-order valence-electron chi connectivity index (χ0n) is 11.8. The summed E-state index contributed by atoms with van der Waals surface area (Å²) in [6, 6.07) is 5.46. The van der Waals surface area contributed by atoms with E-state index in [4.69, 9.17) is 10.5 Å². The molecule has 0 atom stereocenters. The third-order valence-electron chi connectivity index (χ3n) is 2.92. The molecule has 0 aromatic heterocycles. The predicted octanol–water partition coefficient (Wildman–Crippen LogP) is 3.11. The molecule has 19 heavy (non-hydrogen) atoms. The number of aromatic hydroxyl groups is 1. The zero-order valence-corrected chi connectivity index (χ0v) is 11.8. The van der Waals surface area contributed by atoms with E-state index in [-0.39, 0.29) is 5.75 Å². The third kappa shape index (κ3) is 6.34. The second kappa shape index (κ2) is 9.50. The van der Waals surface area contributed by atoms with Gasteiger partial charge in [-0.05, 0) is 37.9 Å².